The Balaban J connectivity index is 1.53. The van der Waals surface area contributed by atoms with E-state index in [1.54, 1.807) is 0 Å². The van der Waals surface area contributed by atoms with E-state index in [0.29, 0.717) is 5.82 Å². The van der Waals surface area contributed by atoms with Crippen LogP contribution < -0.4 is 10.6 Å². The molecule has 0 radical (unpaired) electrons. The highest BCUT2D eigenvalue weighted by Crippen LogP contribution is 2.17. The largest absolute Gasteiger partial charge is 0.335 e. The smallest absolute Gasteiger partial charge is 0.321 e. The highest BCUT2D eigenvalue weighted by atomic mass is 16.2. The van der Waals surface area contributed by atoms with Gasteiger partial charge in [0.15, 0.2) is 0 Å². The number of rotatable bonds is 4. The Hall–Kier alpha value is -2.77. The number of nitrogens with one attached hydrogen (secondary N) is 2. The van der Waals surface area contributed by atoms with E-state index >= 15 is 0 Å². The van der Waals surface area contributed by atoms with Gasteiger partial charge in [0.2, 0.25) is 5.82 Å². The van der Waals surface area contributed by atoms with Crippen LogP contribution in [0.4, 0.5) is 4.79 Å². The fraction of sp³-hybridized carbons (Fsp3) is 0.438. The van der Waals surface area contributed by atoms with Crippen LogP contribution in [0.5, 0.6) is 0 Å². The molecular weight excluding hydrogens is 308 g/mol. The predicted octanol–water partition coefficient (Wildman–Crippen LogP) is 1.42. The van der Waals surface area contributed by atoms with E-state index in [2.05, 4.69) is 26.0 Å². The molecule has 8 nitrogen and oxygen atoms in total. The quantitative estimate of drug-likeness (QED) is 0.883. The lowest BCUT2D eigenvalue weighted by atomic mass is 10.1. The third kappa shape index (κ3) is 4.15. The van der Waals surface area contributed by atoms with Gasteiger partial charge in [-0.25, -0.2) is 4.79 Å². The van der Waals surface area contributed by atoms with Gasteiger partial charge in [0.25, 0.3) is 5.91 Å². The Morgan fingerprint density at radius 1 is 1.21 bits per heavy atom. The third-order valence-electron chi connectivity index (χ3n) is 3.99. The van der Waals surface area contributed by atoms with Crippen LogP contribution >= 0.6 is 0 Å². The summed E-state index contributed by atoms with van der Waals surface area (Å²) in [7, 11) is 0. The first-order chi connectivity index (χ1) is 11.6. The molecule has 1 aliphatic rings. The average molecular weight is 328 g/mol. The van der Waals surface area contributed by atoms with E-state index in [0.717, 1.165) is 36.8 Å². The van der Waals surface area contributed by atoms with Crippen LogP contribution in [0.25, 0.3) is 11.4 Å². The third-order valence-corrected chi connectivity index (χ3v) is 3.99. The van der Waals surface area contributed by atoms with Crippen molar-refractivity contribution in [3.63, 3.8) is 0 Å². The Bertz CT molecular complexity index is 718. The van der Waals surface area contributed by atoms with Crippen LogP contribution in [-0.4, -0.2) is 38.2 Å². The van der Waals surface area contributed by atoms with Crippen LogP contribution in [0.2, 0.25) is 0 Å². The first kappa shape index (κ1) is 16.1. The number of urea groups is 1. The second kappa shape index (κ2) is 7.20. The molecule has 1 aromatic heterocycles. The monoisotopic (exact) mass is 328 g/mol. The van der Waals surface area contributed by atoms with Crippen molar-refractivity contribution in [2.24, 2.45) is 0 Å². The van der Waals surface area contributed by atoms with Crippen molar-refractivity contribution in [3.05, 3.63) is 29.8 Å². The molecule has 1 fully saturated rings. The second-order valence-electron chi connectivity index (χ2n) is 6.01. The number of tetrazole rings is 1. The zero-order chi connectivity index (χ0) is 16.9. The molecule has 8 heteroatoms. The number of imide groups is 1. The second-order valence-corrected chi connectivity index (χ2v) is 6.01. The van der Waals surface area contributed by atoms with Crippen molar-refractivity contribution in [1.29, 1.82) is 0 Å². The van der Waals surface area contributed by atoms with Gasteiger partial charge in [-0.05, 0) is 25.0 Å². The molecule has 1 heterocycles. The molecule has 3 rings (SSSR count). The van der Waals surface area contributed by atoms with Gasteiger partial charge in [0.05, 0.1) is 0 Å². The molecule has 126 valence electrons. The molecule has 2 N–H and O–H groups in total. The maximum Gasteiger partial charge on any atom is 0.321 e. The van der Waals surface area contributed by atoms with E-state index in [1.165, 1.54) is 4.80 Å². The Kier molecular flexibility index (Phi) is 4.83. The fourth-order valence-corrected chi connectivity index (χ4v) is 2.71. The van der Waals surface area contributed by atoms with Crippen LogP contribution in [-0.2, 0) is 11.3 Å². The lowest BCUT2D eigenvalue weighted by Crippen LogP contribution is -2.44. The van der Waals surface area contributed by atoms with Gasteiger partial charge in [0.1, 0.15) is 6.54 Å². The first-order valence-electron chi connectivity index (χ1n) is 8.05. The van der Waals surface area contributed by atoms with Gasteiger partial charge in [0, 0.05) is 11.6 Å². The first-order valence-corrected chi connectivity index (χ1v) is 8.05. The van der Waals surface area contributed by atoms with Crippen LogP contribution in [0.15, 0.2) is 24.3 Å². The minimum atomic E-state index is -0.474. The van der Waals surface area contributed by atoms with Crippen molar-refractivity contribution < 1.29 is 9.59 Å². The standard InChI is InChI=1S/C16H20N6O2/c1-11-6-8-12(9-7-11)15-19-21-22(20-15)10-14(23)18-16(24)17-13-4-2-3-5-13/h6-9,13H,2-5,10H2,1H3,(H2,17,18,23,24). The zero-order valence-electron chi connectivity index (χ0n) is 13.5. The van der Waals surface area contributed by atoms with Crippen molar-refractivity contribution >= 4 is 11.9 Å². The predicted molar refractivity (Wildman–Crippen MR) is 86.9 cm³/mol. The molecule has 0 spiro atoms. The maximum atomic E-state index is 11.9. The van der Waals surface area contributed by atoms with Gasteiger partial charge in [-0.3, -0.25) is 10.1 Å². The Labute approximate surface area is 139 Å². The number of aryl methyl sites for hydroxylation is 1. The normalized spacial score (nSPS) is 14.5. The molecular formula is C16H20N6O2. The molecule has 0 unspecified atom stereocenters. The Morgan fingerprint density at radius 3 is 2.62 bits per heavy atom. The average Bonchev–Trinajstić information content (AvgIpc) is 3.19. The number of hydrogen-bond acceptors (Lipinski definition) is 5. The molecule has 0 bridgehead atoms. The van der Waals surface area contributed by atoms with E-state index < -0.39 is 11.9 Å². The number of carbonyl (C=O) groups excluding carboxylic acids is 2. The topological polar surface area (TPSA) is 102 Å². The number of hydrogen-bond donors (Lipinski definition) is 2. The summed E-state index contributed by atoms with van der Waals surface area (Å²) in [5, 5.41) is 17.0. The summed E-state index contributed by atoms with van der Waals surface area (Å²) in [6.07, 6.45) is 4.16. The Morgan fingerprint density at radius 2 is 1.92 bits per heavy atom. The lowest BCUT2D eigenvalue weighted by Gasteiger charge is -2.11. The van der Waals surface area contributed by atoms with Gasteiger partial charge in [-0.15, -0.1) is 10.2 Å². The van der Waals surface area contributed by atoms with Gasteiger partial charge < -0.3 is 5.32 Å². The molecule has 0 saturated heterocycles. The summed E-state index contributed by atoms with van der Waals surface area (Å²) < 4.78 is 0. The molecule has 3 amide bonds. The van der Waals surface area contributed by atoms with Gasteiger partial charge in [-0.1, -0.05) is 42.7 Å². The number of carbonyl (C=O) groups is 2. The fourth-order valence-electron chi connectivity index (χ4n) is 2.71. The minimum Gasteiger partial charge on any atom is -0.335 e. The number of amides is 3. The van der Waals surface area contributed by atoms with Crippen LogP contribution in [0, 0.1) is 6.92 Å². The molecule has 1 aromatic carbocycles. The van der Waals surface area contributed by atoms with Crippen molar-refractivity contribution in [1.82, 2.24) is 30.8 Å². The van der Waals surface area contributed by atoms with Crippen molar-refractivity contribution in [2.75, 3.05) is 0 Å². The lowest BCUT2D eigenvalue weighted by molar-refractivity contribution is -0.121. The maximum absolute atomic E-state index is 11.9. The van der Waals surface area contributed by atoms with Crippen LogP contribution in [0.3, 0.4) is 0 Å². The highest BCUT2D eigenvalue weighted by molar-refractivity contribution is 5.94. The summed E-state index contributed by atoms with van der Waals surface area (Å²) in [5.41, 5.74) is 1.96. The molecule has 1 saturated carbocycles. The summed E-state index contributed by atoms with van der Waals surface area (Å²) >= 11 is 0. The summed E-state index contributed by atoms with van der Waals surface area (Å²) in [6, 6.07) is 7.39. The van der Waals surface area contributed by atoms with E-state index in [4.69, 9.17) is 0 Å². The van der Waals surface area contributed by atoms with Crippen molar-refractivity contribution in [3.8, 4) is 11.4 Å². The highest BCUT2D eigenvalue weighted by Gasteiger charge is 2.18. The minimum absolute atomic E-state index is 0.156. The molecule has 24 heavy (non-hydrogen) atoms. The number of nitrogens with zero attached hydrogens (tertiary/aromatic N) is 4. The van der Waals surface area contributed by atoms with E-state index in [9.17, 15) is 9.59 Å². The number of benzene rings is 1. The summed E-state index contributed by atoms with van der Waals surface area (Å²) in [6.45, 7) is 1.84. The molecule has 1 aliphatic carbocycles. The van der Waals surface area contributed by atoms with Gasteiger partial charge >= 0.3 is 6.03 Å². The van der Waals surface area contributed by atoms with E-state index in [1.807, 2.05) is 31.2 Å². The summed E-state index contributed by atoms with van der Waals surface area (Å²) in [5.74, 6) is -0.0310. The van der Waals surface area contributed by atoms with Gasteiger partial charge in [-0.2, -0.15) is 4.80 Å². The van der Waals surface area contributed by atoms with Crippen LogP contribution in [0.1, 0.15) is 31.2 Å². The molecule has 0 aliphatic heterocycles. The molecule has 2 aromatic rings. The molecule has 0 atom stereocenters. The zero-order valence-corrected chi connectivity index (χ0v) is 13.5. The summed E-state index contributed by atoms with van der Waals surface area (Å²) in [4.78, 5) is 24.8. The van der Waals surface area contributed by atoms with Crippen molar-refractivity contribution in [2.45, 2.75) is 45.2 Å². The SMILES string of the molecule is Cc1ccc(-c2nnn(CC(=O)NC(=O)NC3CCCC3)n2)cc1. The van der Waals surface area contributed by atoms with E-state index in [-0.39, 0.29) is 12.6 Å². The number of aromatic nitrogens is 4.